The highest BCUT2D eigenvalue weighted by molar-refractivity contribution is 5.97. The number of phenolic OH excluding ortho intramolecular Hbond substituents is 2. The molecule has 8 atom stereocenters. The van der Waals surface area contributed by atoms with Crippen molar-refractivity contribution in [1.82, 2.24) is 9.80 Å². The Balaban J connectivity index is 1.08. The van der Waals surface area contributed by atoms with Crippen LogP contribution in [0.25, 0.3) is 0 Å². The molecular formula is C38H42N4O6. The Morgan fingerprint density at radius 3 is 1.56 bits per heavy atom. The van der Waals surface area contributed by atoms with Crippen molar-refractivity contribution in [1.29, 1.82) is 0 Å². The maximum absolute atomic E-state index is 12.7. The van der Waals surface area contributed by atoms with Crippen molar-refractivity contribution < 1.29 is 29.9 Å². The van der Waals surface area contributed by atoms with Crippen LogP contribution in [-0.2, 0) is 23.7 Å². The summed E-state index contributed by atoms with van der Waals surface area (Å²) in [5, 5.41) is 57.4. The summed E-state index contributed by atoms with van der Waals surface area (Å²) in [4.78, 5) is 4.68. The van der Waals surface area contributed by atoms with Gasteiger partial charge in [-0.15, -0.1) is 13.2 Å². The summed E-state index contributed by atoms with van der Waals surface area (Å²) in [7, 11) is 0. The number of benzene rings is 2. The topological polar surface area (TPSA) is 131 Å². The van der Waals surface area contributed by atoms with Crippen LogP contribution in [-0.4, -0.2) is 103 Å². The lowest BCUT2D eigenvalue weighted by molar-refractivity contribution is -0.164. The minimum absolute atomic E-state index is 0.0885. The van der Waals surface area contributed by atoms with Gasteiger partial charge in [0, 0.05) is 49.4 Å². The zero-order valence-corrected chi connectivity index (χ0v) is 27.1. The summed E-state index contributed by atoms with van der Waals surface area (Å²) in [6.45, 7) is 10.9. The van der Waals surface area contributed by atoms with Gasteiger partial charge in [0.25, 0.3) is 0 Å². The highest BCUT2D eigenvalue weighted by atomic mass is 16.5. The lowest BCUT2D eigenvalue weighted by atomic mass is 9.48. The highest BCUT2D eigenvalue weighted by Crippen LogP contribution is 2.66. The summed E-state index contributed by atoms with van der Waals surface area (Å²) in [5.41, 5.74) is 1.99. The lowest BCUT2D eigenvalue weighted by Gasteiger charge is -2.63. The van der Waals surface area contributed by atoms with Crippen molar-refractivity contribution in [3.05, 3.63) is 71.8 Å². The number of aliphatic hydroxyl groups is 2. The van der Waals surface area contributed by atoms with E-state index in [9.17, 15) is 20.4 Å². The Morgan fingerprint density at radius 2 is 1.15 bits per heavy atom. The molecule has 2 aromatic rings. The van der Waals surface area contributed by atoms with Gasteiger partial charge in [0.2, 0.25) is 0 Å². The molecule has 10 rings (SSSR count). The van der Waals surface area contributed by atoms with Crippen molar-refractivity contribution in [3.63, 3.8) is 0 Å². The third-order valence-electron chi connectivity index (χ3n) is 13.8. The molecule has 4 heterocycles. The van der Waals surface area contributed by atoms with E-state index >= 15 is 0 Å². The molecule has 4 bridgehead atoms. The first kappa shape index (κ1) is 29.2. The fraction of sp³-hybridized carbons (Fsp3) is 0.526. The van der Waals surface area contributed by atoms with E-state index < -0.39 is 34.2 Å². The first-order valence-electron chi connectivity index (χ1n) is 17.5. The summed E-state index contributed by atoms with van der Waals surface area (Å²) in [6.07, 6.45) is 7.42. The van der Waals surface area contributed by atoms with Crippen LogP contribution >= 0.6 is 0 Å². The van der Waals surface area contributed by atoms with Crippen molar-refractivity contribution in [3.8, 4) is 23.0 Å². The number of rotatable bonds is 5. The number of likely N-dealkylation sites (tertiary alicyclic amines) is 2. The lowest BCUT2D eigenvalue weighted by Crippen LogP contribution is -2.76. The van der Waals surface area contributed by atoms with Crippen LogP contribution in [0.1, 0.15) is 60.8 Å². The second-order valence-electron chi connectivity index (χ2n) is 15.4. The number of nitrogens with zero attached hydrogens (tertiary/aromatic N) is 4. The molecule has 48 heavy (non-hydrogen) atoms. The van der Waals surface area contributed by atoms with Crippen molar-refractivity contribution >= 4 is 11.4 Å². The van der Waals surface area contributed by atoms with E-state index in [1.807, 2.05) is 24.3 Å². The van der Waals surface area contributed by atoms with Gasteiger partial charge in [0.05, 0.1) is 33.5 Å². The summed E-state index contributed by atoms with van der Waals surface area (Å²) >= 11 is 0. The molecule has 2 saturated carbocycles. The Hall–Kier alpha value is -3.70. The van der Waals surface area contributed by atoms with Gasteiger partial charge in [-0.05, 0) is 74.6 Å². The second kappa shape index (κ2) is 9.50. The van der Waals surface area contributed by atoms with E-state index in [1.54, 1.807) is 12.1 Å². The Kier molecular flexibility index (Phi) is 5.79. The van der Waals surface area contributed by atoms with Crippen molar-refractivity contribution in [2.75, 3.05) is 26.2 Å². The van der Waals surface area contributed by atoms with Crippen LogP contribution in [0.4, 0.5) is 0 Å². The average molecular weight is 651 g/mol. The number of hydrogen-bond acceptors (Lipinski definition) is 10. The molecule has 4 fully saturated rings. The molecule has 2 aromatic carbocycles. The molecule has 4 N–H and O–H groups in total. The average Bonchev–Trinajstić information content (AvgIpc) is 3.61. The molecule has 250 valence electrons. The Morgan fingerprint density at radius 1 is 0.708 bits per heavy atom. The second-order valence-corrected chi connectivity index (χ2v) is 15.4. The first-order chi connectivity index (χ1) is 23.2. The molecule has 0 radical (unpaired) electrons. The van der Waals surface area contributed by atoms with E-state index in [-0.39, 0.29) is 23.6 Å². The van der Waals surface area contributed by atoms with Gasteiger partial charge in [0.15, 0.2) is 35.2 Å². The van der Waals surface area contributed by atoms with Crippen molar-refractivity contribution in [2.45, 2.75) is 97.7 Å². The fourth-order valence-electron chi connectivity index (χ4n) is 12.0. The van der Waals surface area contributed by atoms with E-state index in [0.29, 0.717) is 76.0 Å². The van der Waals surface area contributed by atoms with E-state index in [0.717, 1.165) is 46.8 Å². The van der Waals surface area contributed by atoms with E-state index in [2.05, 4.69) is 23.0 Å². The summed E-state index contributed by atoms with van der Waals surface area (Å²) < 4.78 is 13.3. The van der Waals surface area contributed by atoms with Gasteiger partial charge >= 0.3 is 0 Å². The summed E-state index contributed by atoms with van der Waals surface area (Å²) in [6, 6.07) is 7.18. The quantitative estimate of drug-likeness (QED) is 0.287. The standard InChI is InChI=1S/C38H42N4O6/c1-3-15-41-17-13-35-29-21-5-7-25(43)31(29)47-33(35)23(9-11-37(35,45)27(41)19-21)39-40-24-10-12-38(46)28-20-22-6-8-26(44)32-30(22)36(38,34(24)48-32)14-18-42(28)16-4-2/h3-8,27-28,33-34,43-46H,1-2,9-20H2/b39-23-,40-24-/t27-,28-,33+,34+,35+,36+,37-,38-/m1/s1. The molecule has 2 spiro atoms. The molecule has 0 unspecified atom stereocenters. The Bertz CT molecular complexity index is 1740. The Labute approximate surface area is 279 Å². The fourth-order valence-corrected chi connectivity index (χ4v) is 12.0. The molecule has 4 aliphatic heterocycles. The van der Waals surface area contributed by atoms with Crippen LogP contribution in [0.2, 0.25) is 0 Å². The predicted octanol–water partition coefficient (Wildman–Crippen LogP) is 3.28. The van der Waals surface area contributed by atoms with Gasteiger partial charge < -0.3 is 29.9 Å². The SMILES string of the molecule is C=CCN1CC[C@]23c4c5ccc(O)c4O[C@H]2/C(=N\N=C2\CC[C@@]4(O)[C@H]6Cc7ccc(O)c8c7[C@@]4(CCN6CC=C)[C@H]2O8)CC[C@@]3(O)[C@H]1C5. The molecule has 2 saturated heterocycles. The smallest absolute Gasteiger partial charge is 0.166 e. The predicted molar refractivity (Wildman–Crippen MR) is 179 cm³/mol. The minimum atomic E-state index is -1.06. The molecular weight excluding hydrogens is 608 g/mol. The highest BCUT2D eigenvalue weighted by Gasteiger charge is 2.74. The minimum Gasteiger partial charge on any atom is -0.504 e. The monoisotopic (exact) mass is 650 g/mol. The number of phenols is 2. The van der Waals surface area contributed by atoms with Gasteiger partial charge in [-0.1, -0.05) is 24.3 Å². The molecule has 0 amide bonds. The molecule has 4 aliphatic carbocycles. The molecule has 8 aliphatic rings. The van der Waals surface area contributed by atoms with Crippen LogP contribution in [0.3, 0.4) is 0 Å². The molecule has 10 heteroatoms. The van der Waals surface area contributed by atoms with E-state index in [4.69, 9.17) is 19.7 Å². The number of aromatic hydroxyl groups is 2. The maximum Gasteiger partial charge on any atom is 0.166 e. The normalized spacial score (nSPS) is 41.4. The van der Waals surface area contributed by atoms with E-state index in [1.165, 1.54) is 0 Å². The van der Waals surface area contributed by atoms with Crippen LogP contribution in [0.5, 0.6) is 23.0 Å². The zero-order chi connectivity index (χ0) is 32.8. The third kappa shape index (κ3) is 3.15. The summed E-state index contributed by atoms with van der Waals surface area (Å²) in [5.74, 6) is 1.11. The largest absolute Gasteiger partial charge is 0.504 e. The van der Waals surface area contributed by atoms with Crippen LogP contribution in [0.15, 0.2) is 59.8 Å². The number of hydrogen-bond donors (Lipinski definition) is 4. The zero-order valence-electron chi connectivity index (χ0n) is 27.1. The first-order valence-corrected chi connectivity index (χ1v) is 17.5. The number of piperidine rings is 2. The van der Waals surface area contributed by atoms with Gasteiger partial charge in [-0.2, -0.15) is 10.2 Å². The van der Waals surface area contributed by atoms with Crippen LogP contribution < -0.4 is 9.47 Å². The third-order valence-corrected chi connectivity index (χ3v) is 13.8. The van der Waals surface area contributed by atoms with Crippen molar-refractivity contribution in [2.24, 2.45) is 10.2 Å². The maximum atomic E-state index is 12.7. The van der Waals surface area contributed by atoms with Gasteiger partial charge in [-0.25, -0.2) is 0 Å². The molecule has 10 nitrogen and oxygen atoms in total. The van der Waals surface area contributed by atoms with Crippen LogP contribution in [0, 0.1) is 0 Å². The molecule has 0 aromatic heterocycles. The number of ether oxygens (including phenoxy) is 2. The van der Waals surface area contributed by atoms with Gasteiger partial charge in [-0.3, -0.25) is 9.80 Å². The van der Waals surface area contributed by atoms with Gasteiger partial charge in [0.1, 0.15) is 0 Å².